The summed E-state index contributed by atoms with van der Waals surface area (Å²) in [6, 6.07) is 6.74. The van der Waals surface area contributed by atoms with Gasteiger partial charge < -0.3 is 5.73 Å². The van der Waals surface area contributed by atoms with Crippen molar-refractivity contribution in [2.75, 3.05) is 12.3 Å². The first-order valence-electron chi connectivity index (χ1n) is 7.49. The van der Waals surface area contributed by atoms with E-state index in [4.69, 9.17) is 5.73 Å². The van der Waals surface area contributed by atoms with E-state index in [9.17, 15) is 8.42 Å². The van der Waals surface area contributed by atoms with Crippen LogP contribution >= 0.6 is 0 Å². The van der Waals surface area contributed by atoms with Crippen LogP contribution in [0.5, 0.6) is 0 Å². The molecule has 0 spiro atoms. The highest BCUT2D eigenvalue weighted by molar-refractivity contribution is 7.89. The van der Waals surface area contributed by atoms with Crippen molar-refractivity contribution < 1.29 is 8.42 Å². The zero-order chi connectivity index (χ0) is 15.5. The third-order valence-corrected chi connectivity index (χ3v) is 6.73. The Bertz CT molecular complexity index is 669. The standard InChI is InChI=1S/C16H24N2O2S/c1-15(2)8-13-9-16(3,10-15)11-18(13)21(19,20)14-6-4-5-12(17)7-14/h4-7,13H,8-11,17H2,1-3H3/t13-,16-/m1/s1. The lowest BCUT2D eigenvalue weighted by molar-refractivity contribution is 0.133. The predicted molar refractivity (Wildman–Crippen MR) is 84.3 cm³/mol. The third kappa shape index (κ3) is 2.57. The van der Waals surface area contributed by atoms with Gasteiger partial charge in [-0.2, -0.15) is 4.31 Å². The van der Waals surface area contributed by atoms with E-state index >= 15 is 0 Å². The van der Waals surface area contributed by atoms with Gasteiger partial charge in [0.15, 0.2) is 0 Å². The number of rotatable bonds is 2. The number of hydrogen-bond donors (Lipinski definition) is 1. The van der Waals surface area contributed by atoms with Crippen LogP contribution < -0.4 is 5.73 Å². The number of nitrogens with two attached hydrogens (primary N) is 1. The summed E-state index contributed by atoms with van der Waals surface area (Å²) in [6.45, 7) is 7.33. The van der Waals surface area contributed by atoms with Crippen molar-refractivity contribution in [1.82, 2.24) is 4.31 Å². The molecule has 5 heteroatoms. The molecule has 1 aromatic carbocycles. The number of nitrogen functional groups attached to an aromatic ring is 1. The quantitative estimate of drug-likeness (QED) is 0.855. The topological polar surface area (TPSA) is 63.4 Å². The number of nitrogens with zero attached hydrogens (tertiary/aromatic N) is 1. The van der Waals surface area contributed by atoms with Crippen LogP contribution in [-0.2, 0) is 10.0 Å². The summed E-state index contributed by atoms with van der Waals surface area (Å²) in [5, 5.41) is 0. The first-order chi connectivity index (χ1) is 9.61. The van der Waals surface area contributed by atoms with Crippen molar-refractivity contribution in [3.05, 3.63) is 24.3 Å². The summed E-state index contributed by atoms with van der Waals surface area (Å²) >= 11 is 0. The van der Waals surface area contributed by atoms with Crippen LogP contribution in [-0.4, -0.2) is 25.3 Å². The molecule has 2 fully saturated rings. The molecule has 3 rings (SSSR count). The molecule has 1 aliphatic carbocycles. The summed E-state index contributed by atoms with van der Waals surface area (Å²) in [6.07, 6.45) is 2.99. The van der Waals surface area contributed by atoms with Gasteiger partial charge in [0.2, 0.25) is 10.0 Å². The van der Waals surface area contributed by atoms with Gasteiger partial charge in [0, 0.05) is 18.3 Å². The average Bonchev–Trinajstić information content (AvgIpc) is 2.59. The number of anilines is 1. The molecule has 116 valence electrons. The van der Waals surface area contributed by atoms with Gasteiger partial charge in [-0.25, -0.2) is 8.42 Å². The largest absolute Gasteiger partial charge is 0.399 e. The highest BCUT2D eigenvalue weighted by Crippen LogP contribution is 2.53. The maximum absolute atomic E-state index is 13.0. The predicted octanol–water partition coefficient (Wildman–Crippen LogP) is 2.86. The van der Waals surface area contributed by atoms with E-state index in [0.717, 1.165) is 19.3 Å². The van der Waals surface area contributed by atoms with Crippen molar-refractivity contribution in [3.63, 3.8) is 0 Å². The fourth-order valence-corrected chi connectivity index (χ4v) is 6.33. The number of fused-ring (bicyclic) bond motifs is 2. The Labute approximate surface area is 127 Å². The fraction of sp³-hybridized carbons (Fsp3) is 0.625. The minimum Gasteiger partial charge on any atom is -0.399 e. The minimum absolute atomic E-state index is 0.0970. The van der Waals surface area contributed by atoms with Crippen molar-refractivity contribution in [2.45, 2.75) is 51.0 Å². The Morgan fingerprint density at radius 1 is 1.24 bits per heavy atom. The first kappa shape index (κ1) is 14.9. The third-order valence-electron chi connectivity index (χ3n) is 4.83. The molecule has 1 aromatic rings. The maximum Gasteiger partial charge on any atom is 0.243 e. The van der Waals surface area contributed by atoms with Crippen LogP contribution in [0.4, 0.5) is 5.69 Å². The monoisotopic (exact) mass is 308 g/mol. The van der Waals surface area contributed by atoms with Crippen LogP contribution in [0.1, 0.15) is 40.0 Å². The van der Waals surface area contributed by atoms with Gasteiger partial charge in [-0.05, 0) is 48.3 Å². The molecule has 0 radical (unpaired) electrons. The Hall–Kier alpha value is -1.07. The molecule has 4 nitrogen and oxygen atoms in total. The maximum atomic E-state index is 13.0. The Morgan fingerprint density at radius 3 is 2.62 bits per heavy atom. The zero-order valence-corrected chi connectivity index (χ0v) is 13.8. The normalized spacial score (nSPS) is 32.2. The smallest absolute Gasteiger partial charge is 0.243 e. The van der Waals surface area contributed by atoms with Crippen LogP contribution in [0.2, 0.25) is 0 Å². The van der Waals surface area contributed by atoms with E-state index in [-0.39, 0.29) is 16.9 Å². The summed E-state index contributed by atoms with van der Waals surface area (Å²) in [4.78, 5) is 0.316. The van der Waals surface area contributed by atoms with Crippen molar-refractivity contribution >= 4 is 15.7 Å². The number of sulfonamides is 1. The molecular weight excluding hydrogens is 284 g/mol. The van der Waals surface area contributed by atoms with E-state index in [0.29, 0.717) is 17.1 Å². The second-order valence-corrected chi connectivity index (χ2v) is 9.73. The molecule has 1 saturated carbocycles. The molecule has 0 aromatic heterocycles. The van der Waals surface area contributed by atoms with Crippen molar-refractivity contribution in [2.24, 2.45) is 10.8 Å². The lowest BCUT2D eigenvalue weighted by atomic mass is 9.65. The summed E-state index contributed by atoms with van der Waals surface area (Å²) in [7, 11) is -3.45. The number of hydrogen-bond acceptors (Lipinski definition) is 3. The van der Waals surface area contributed by atoms with Crippen LogP contribution in [0.3, 0.4) is 0 Å². The fourth-order valence-electron chi connectivity index (χ4n) is 4.50. The highest BCUT2D eigenvalue weighted by Gasteiger charge is 2.53. The second kappa shape index (κ2) is 4.46. The lowest BCUT2D eigenvalue weighted by Gasteiger charge is -2.39. The van der Waals surface area contributed by atoms with E-state index in [1.165, 1.54) is 0 Å². The Balaban J connectivity index is 1.98. The summed E-state index contributed by atoms with van der Waals surface area (Å²) in [5.74, 6) is 0. The molecule has 2 bridgehead atoms. The summed E-state index contributed by atoms with van der Waals surface area (Å²) in [5.41, 5.74) is 6.54. The van der Waals surface area contributed by atoms with Crippen LogP contribution in [0.25, 0.3) is 0 Å². The van der Waals surface area contributed by atoms with Crippen LogP contribution in [0.15, 0.2) is 29.2 Å². The molecule has 1 aliphatic heterocycles. The molecule has 0 amide bonds. The minimum atomic E-state index is -3.45. The average molecular weight is 308 g/mol. The Kier molecular flexibility index (Phi) is 3.16. The van der Waals surface area contributed by atoms with Gasteiger partial charge in [-0.3, -0.25) is 0 Å². The van der Waals surface area contributed by atoms with Gasteiger partial charge in [0.1, 0.15) is 0 Å². The Morgan fingerprint density at radius 2 is 1.95 bits per heavy atom. The van der Waals surface area contributed by atoms with Crippen LogP contribution in [0, 0.1) is 10.8 Å². The van der Waals surface area contributed by atoms with Gasteiger partial charge in [-0.15, -0.1) is 0 Å². The lowest BCUT2D eigenvalue weighted by Crippen LogP contribution is -2.37. The molecule has 2 atom stereocenters. The molecule has 21 heavy (non-hydrogen) atoms. The molecule has 1 saturated heterocycles. The molecule has 2 N–H and O–H groups in total. The van der Waals surface area contributed by atoms with Gasteiger partial charge in [-0.1, -0.05) is 26.8 Å². The molecule has 2 aliphatic rings. The van der Waals surface area contributed by atoms with E-state index in [1.807, 2.05) is 0 Å². The molecule has 0 unspecified atom stereocenters. The van der Waals surface area contributed by atoms with Crippen molar-refractivity contribution in [3.8, 4) is 0 Å². The number of benzene rings is 1. The molecular formula is C16H24N2O2S. The van der Waals surface area contributed by atoms with E-state index < -0.39 is 10.0 Å². The highest BCUT2D eigenvalue weighted by atomic mass is 32.2. The van der Waals surface area contributed by atoms with E-state index in [1.54, 1.807) is 28.6 Å². The van der Waals surface area contributed by atoms with Gasteiger partial charge in [0.05, 0.1) is 4.90 Å². The van der Waals surface area contributed by atoms with Crippen molar-refractivity contribution in [1.29, 1.82) is 0 Å². The second-order valence-electron chi connectivity index (χ2n) is 7.84. The SMILES string of the molecule is CC1(C)C[C@@H]2C[C@@](C)(CN2S(=O)(=O)c2cccc(N)c2)C1. The van der Waals surface area contributed by atoms with Gasteiger partial charge >= 0.3 is 0 Å². The molecule has 1 heterocycles. The summed E-state index contributed by atoms with van der Waals surface area (Å²) < 4.78 is 27.6. The van der Waals surface area contributed by atoms with E-state index in [2.05, 4.69) is 20.8 Å². The first-order valence-corrected chi connectivity index (χ1v) is 8.93. The zero-order valence-electron chi connectivity index (χ0n) is 13.0. The van der Waals surface area contributed by atoms with Gasteiger partial charge in [0.25, 0.3) is 0 Å².